The van der Waals surface area contributed by atoms with Gasteiger partial charge >= 0.3 is 0 Å². The summed E-state index contributed by atoms with van der Waals surface area (Å²) in [5.74, 6) is 1.87. The first-order chi connectivity index (χ1) is 11.8. The molecule has 1 heterocycles. The molecule has 0 radical (unpaired) electrons. The summed E-state index contributed by atoms with van der Waals surface area (Å²) < 4.78 is 5.58. The molecule has 140 valence electrons. The van der Waals surface area contributed by atoms with Crippen molar-refractivity contribution >= 4 is 18.3 Å². The number of carbonyl (C=O) groups is 1. The number of benzene rings is 1. The lowest BCUT2D eigenvalue weighted by atomic mass is 10.0. The molecular weight excluding hydrogens is 338 g/mol. The van der Waals surface area contributed by atoms with E-state index in [1.165, 1.54) is 19.4 Å². The summed E-state index contributed by atoms with van der Waals surface area (Å²) in [6.45, 7) is 4.76. The Bertz CT molecular complexity index is 503. The number of hydrogen-bond donors (Lipinski definition) is 2. The maximum absolute atomic E-state index is 12.0. The fraction of sp³-hybridized carbons (Fsp3) is 0.632. The number of para-hydroxylation sites is 1. The van der Waals surface area contributed by atoms with E-state index in [-0.39, 0.29) is 18.3 Å². The third-order valence-electron chi connectivity index (χ3n) is 4.78. The molecule has 2 N–H and O–H groups in total. The fourth-order valence-corrected chi connectivity index (χ4v) is 3.09. The van der Waals surface area contributed by atoms with Crippen molar-refractivity contribution in [3.8, 4) is 5.75 Å². The molecule has 1 aromatic rings. The number of likely N-dealkylation sites (tertiary alicyclic amines) is 1. The van der Waals surface area contributed by atoms with Gasteiger partial charge in [0.1, 0.15) is 12.4 Å². The molecule has 0 aromatic heterocycles. The van der Waals surface area contributed by atoms with Gasteiger partial charge in [0.25, 0.3) is 0 Å². The number of amides is 1. The Morgan fingerprint density at radius 1 is 1.12 bits per heavy atom. The zero-order chi connectivity index (χ0) is 16.6. The van der Waals surface area contributed by atoms with Crippen LogP contribution in [0.4, 0.5) is 0 Å². The molecule has 0 bridgehead atoms. The Morgan fingerprint density at radius 3 is 2.52 bits per heavy atom. The number of carbonyl (C=O) groups excluding carboxylic acids is 1. The number of halogens is 1. The molecule has 0 atom stereocenters. The number of rotatable bonds is 9. The van der Waals surface area contributed by atoms with Gasteiger partial charge in [0.2, 0.25) is 5.91 Å². The van der Waals surface area contributed by atoms with Gasteiger partial charge in [0.05, 0.1) is 13.1 Å². The van der Waals surface area contributed by atoms with Crippen molar-refractivity contribution in [2.45, 2.75) is 31.7 Å². The second kappa shape index (κ2) is 10.6. The lowest BCUT2D eigenvalue weighted by molar-refractivity contribution is -0.122. The van der Waals surface area contributed by atoms with E-state index in [1.54, 1.807) is 0 Å². The van der Waals surface area contributed by atoms with Crippen LogP contribution in [0.25, 0.3) is 0 Å². The minimum atomic E-state index is 0. The topological polar surface area (TPSA) is 53.6 Å². The second-order valence-electron chi connectivity index (χ2n) is 6.91. The van der Waals surface area contributed by atoms with E-state index in [0.29, 0.717) is 25.7 Å². The monoisotopic (exact) mass is 367 g/mol. The van der Waals surface area contributed by atoms with Crippen LogP contribution in [-0.4, -0.2) is 56.2 Å². The largest absolute Gasteiger partial charge is 0.492 e. The summed E-state index contributed by atoms with van der Waals surface area (Å²) in [5, 5.41) is 6.61. The SMILES string of the molecule is Cl.O=C(CN1CCC(NCC2CC2)CC1)NCCOc1ccccc1. The van der Waals surface area contributed by atoms with Gasteiger partial charge in [-0.25, -0.2) is 0 Å². The van der Waals surface area contributed by atoms with Gasteiger partial charge in [-0.3, -0.25) is 9.69 Å². The first-order valence-corrected chi connectivity index (χ1v) is 9.20. The highest BCUT2D eigenvalue weighted by Crippen LogP contribution is 2.28. The average molecular weight is 368 g/mol. The van der Waals surface area contributed by atoms with Crippen LogP contribution >= 0.6 is 12.4 Å². The number of piperidine rings is 1. The van der Waals surface area contributed by atoms with E-state index in [0.717, 1.165) is 37.6 Å². The second-order valence-corrected chi connectivity index (χ2v) is 6.91. The number of nitrogens with one attached hydrogen (secondary N) is 2. The Kier molecular flexibility index (Phi) is 8.52. The molecular formula is C19H30ClN3O2. The van der Waals surface area contributed by atoms with Crippen LogP contribution < -0.4 is 15.4 Å². The van der Waals surface area contributed by atoms with Crippen LogP contribution in [0, 0.1) is 5.92 Å². The standard InChI is InChI=1S/C19H29N3O2.ClH/c23-19(20-10-13-24-18-4-2-1-3-5-18)15-22-11-8-17(9-12-22)21-14-16-6-7-16;/h1-5,16-17,21H,6-15H2,(H,20,23);1H. The third-order valence-corrected chi connectivity index (χ3v) is 4.78. The normalized spacial score (nSPS) is 18.4. The quantitative estimate of drug-likeness (QED) is 0.656. The van der Waals surface area contributed by atoms with Crippen LogP contribution in [0.2, 0.25) is 0 Å². The predicted octanol–water partition coefficient (Wildman–Crippen LogP) is 2.07. The summed E-state index contributed by atoms with van der Waals surface area (Å²) in [6, 6.07) is 10.3. The van der Waals surface area contributed by atoms with Crippen molar-refractivity contribution in [2.75, 3.05) is 39.3 Å². The minimum absolute atomic E-state index is 0. The van der Waals surface area contributed by atoms with E-state index < -0.39 is 0 Å². The highest BCUT2D eigenvalue weighted by atomic mass is 35.5. The number of ether oxygens (including phenoxy) is 1. The highest BCUT2D eigenvalue weighted by molar-refractivity contribution is 5.85. The Hall–Kier alpha value is -1.30. The molecule has 0 spiro atoms. The van der Waals surface area contributed by atoms with E-state index in [9.17, 15) is 4.79 Å². The lowest BCUT2D eigenvalue weighted by Crippen LogP contribution is -2.46. The Labute approximate surface area is 156 Å². The van der Waals surface area contributed by atoms with E-state index in [2.05, 4.69) is 15.5 Å². The summed E-state index contributed by atoms with van der Waals surface area (Å²) in [4.78, 5) is 14.3. The first kappa shape index (κ1) is 20.0. The molecule has 1 aliphatic heterocycles. The van der Waals surface area contributed by atoms with Crippen LogP contribution in [0.1, 0.15) is 25.7 Å². The zero-order valence-electron chi connectivity index (χ0n) is 14.8. The zero-order valence-corrected chi connectivity index (χ0v) is 15.6. The van der Waals surface area contributed by atoms with Crippen LogP contribution in [0.15, 0.2) is 30.3 Å². The smallest absolute Gasteiger partial charge is 0.234 e. The van der Waals surface area contributed by atoms with E-state index in [4.69, 9.17) is 4.74 Å². The maximum atomic E-state index is 12.0. The maximum Gasteiger partial charge on any atom is 0.234 e. The molecule has 1 saturated carbocycles. The molecule has 25 heavy (non-hydrogen) atoms. The van der Waals surface area contributed by atoms with Crippen LogP contribution in [0.3, 0.4) is 0 Å². The van der Waals surface area contributed by atoms with Crippen molar-refractivity contribution in [1.82, 2.24) is 15.5 Å². The van der Waals surface area contributed by atoms with E-state index >= 15 is 0 Å². The van der Waals surface area contributed by atoms with Gasteiger partial charge in [0, 0.05) is 19.1 Å². The number of nitrogens with zero attached hydrogens (tertiary/aromatic N) is 1. The molecule has 1 amide bonds. The molecule has 5 nitrogen and oxygen atoms in total. The molecule has 6 heteroatoms. The van der Waals surface area contributed by atoms with Crippen LogP contribution in [-0.2, 0) is 4.79 Å². The van der Waals surface area contributed by atoms with Crippen molar-refractivity contribution in [1.29, 1.82) is 0 Å². The average Bonchev–Trinajstić information content (AvgIpc) is 3.44. The van der Waals surface area contributed by atoms with Gasteiger partial charge in [-0.1, -0.05) is 18.2 Å². The van der Waals surface area contributed by atoms with Gasteiger partial charge in [0.15, 0.2) is 0 Å². The fourth-order valence-electron chi connectivity index (χ4n) is 3.09. The predicted molar refractivity (Wildman–Crippen MR) is 102 cm³/mol. The first-order valence-electron chi connectivity index (χ1n) is 9.20. The van der Waals surface area contributed by atoms with Crippen LogP contribution in [0.5, 0.6) is 5.75 Å². The summed E-state index contributed by atoms with van der Waals surface area (Å²) >= 11 is 0. The molecule has 1 aliphatic carbocycles. The van der Waals surface area contributed by atoms with Crippen molar-refractivity contribution < 1.29 is 9.53 Å². The Balaban J connectivity index is 0.00000225. The molecule has 1 saturated heterocycles. The summed E-state index contributed by atoms with van der Waals surface area (Å²) in [7, 11) is 0. The summed E-state index contributed by atoms with van der Waals surface area (Å²) in [5.41, 5.74) is 0. The summed E-state index contributed by atoms with van der Waals surface area (Å²) in [6.07, 6.45) is 5.11. The molecule has 1 aromatic carbocycles. The minimum Gasteiger partial charge on any atom is -0.492 e. The van der Waals surface area contributed by atoms with Gasteiger partial charge in [-0.15, -0.1) is 12.4 Å². The van der Waals surface area contributed by atoms with Gasteiger partial charge in [-0.2, -0.15) is 0 Å². The van der Waals surface area contributed by atoms with Crippen molar-refractivity contribution in [3.63, 3.8) is 0 Å². The van der Waals surface area contributed by atoms with Crippen molar-refractivity contribution in [3.05, 3.63) is 30.3 Å². The van der Waals surface area contributed by atoms with Gasteiger partial charge in [-0.05, 0) is 50.3 Å². The van der Waals surface area contributed by atoms with E-state index in [1.807, 2.05) is 30.3 Å². The lowest BCUT2D eigenvalue weighted by Gasteiger charge is -2.32. The molecule has 0 unspecified atom stereocenters. The third kappa shape index (κ3) is 7.63. The highest BCUT2D eigenvalue weighted by Gasteiger charge is 2.24. The Morgan fingerprint density at radius 2 is 1.84 bits per heavy atom. The molecule has 2 fully saturated rings. The number of hydrogen-bond acceptors (Lipinski definition) is 4. The van der Waals surface area contributed by atoms with Crippen molar-refractivity contribution in [2.24, 2.45) is 5.92 Å². The van der Waals surface area contributed by atoms with Gasteiger partial charge < -0.3 is 15.4 Å². The molecule has 2 aliphatic rings. The molecule has 3 rings (SSSR count).